The number of rotatable bonds is 1. The van der Waals surface area contributed by atoms with Gasteiger partial charge in [0, 0.05) is 31.6 Å². The molecule has 2 unspecified atom stereocenters. The molecule has 0 saturated carbocycles. The smallest absolute Gasteiger partial charge is 0.763 e. The number of benzene rings is 1. The fourth-order valence-electron chi connectivity index (χ4n) is 0.496. The van der Waals surface area contributed by atoms with Gasteiger partial charge in [0.25, 0.3) is 0 Å². The Kier molecular flexibility index (Phi) is 17.4. The zero-order chi connectivity index (χ0) is 11.1. The van der Waals surface area contributed by atoms with E-state index < -0.39 is 20.2 Å². The third-order valence-electron chi connectivity index (χ3n) is 1.05. The molecule has 16 heavy (non-hydrogen) atoms. The van der Waals surface area contributed by atoms with Crippen LogP contribution in [0.25, 0.3) is 0 Å². The molecule has 1 aromatic carbocycles. The molecular weight excluding hydrogens is 274 g/mol. The molecular formula is C6H8N2Na2O4S2. The number of hydrogen-bond acceptors (Lipinski definition) is 6. The Balaban J connectivity index is -0.000000195. The van der Waals surface area contributed by atoms with Crippen LogP contribution in [0.3, 0.4) is 0 Å². The van der Waals surface area contributed by atoms with Crippen molar-refractivity contribution < 1.29 is 76.6 Å². The van der Waals surface area contributed by atoms with Gasteiger partial charge < -0.3 is 20.6 Å². The number of hydrogen-bond donors (Lipinski definition) is 2. The predicted molar refractivity (Wildman–Crippen MR) is 53.1 cm³/mol. The van der Waals surface area contributed by atoms with Crippen LogP contribution in [-0.4, -0.2) is 17.5 Å². The molecule has 0 fully saturated rings. The van der Waals surface area contributed by atoms with Crippen molar-refractivity contribution in [2.45, 2.75) is 0 Å². The molecule has 0 bridgehead atoms. The quantitative estimate of drug-likeness (QED) is 0.228. The summed E-state index contributed by atoms with van der Waals surface area (Å²) < 4.78 is 36.3. The van der Waals surface area contributed by atoms with Crippen LogP contribution < -0.4 is 70.6 Å². The minimum atomic E-state index is -2.95. The first-order valence-electron chi connectivity index (χ1n) is 3.23. The maximum atomic E-state index is 9.09. The topological polar surface area (TPSA) is 132 Å². The summed E-state index contributed by atoms with van der Waals surface area (Å²) in [6.07, 6.45) is 0. The van der Waals surface area contributed by atoms with Gasteiger partial charge in [-0.3, -0.25) is 8.42 Å². The van der Waals surface area contributed by atoms with Gasteiger partial charge in [0.1, 0.15) is 0 Å². The second kappa shape index (κ2) is 12.5. The van der Waals surface area contributed by atoms with Gasteiger partial charge in [-0.25, -0.2) is 0 Å². The summed E-state index contributed by atoms with van der Waals surface area (Å²) in [6, 6.07) is 7.09. The maximum Gasteiger partial charge on any atom is 1.00 e. The van der Waals surface area contributed by atoms with E-state index in [0.717, 1.165) is 11.4 Å². The first-order chi connectivity index (χ1) is 6.43. The van der Waals surface area contributed by atoms with Crippen molar-refractivity contribution >= 4 is 31.6 Å². The summed E-state index contributed by atoms with van der Waals surface area (Å²) in [4.78, 5) is 0. The van der Waals surface area contributed by atoms with E-state index in [4.69, 9.17) is 29.0 Å². The number of nitrogens with two attached hydrogens (primary N) is 2. The van der Waals surface area contributed by atoms with Crippen molar-refractivity contribution in [3.05, 3.63) is 24.3 Å². The molecule has 10 heteroatoms. The molecule has 1 aromatic rings. The Hall–Kier alpha value is 1.04. The van der Waals surface area contributed by atoms with E-state index in [9.17, 15) is 0 Å². The molecule has 0 heterocycles. The average Bonchev–Trinajstić information content (AvgIpc) is 2.11. The van der Waals surface area contributed by atoms with Crippen molar-refractivity contribution in [3.8, 4) is 0 Å². The monoisotopic (exact) mass is 282 g/mol. The van der Waals surface area contributed by atoms with Crippen molar-refractivity contribution in [1.29, 1.82) is 0 Å². The van der Waals surface area contributed by atoms with Gasteiger partial charge in [0.15, 0.2) is 0 Å². The van der Waals surface area contributed by atoms with E-state index >= 15 is 0 Å². The maximum absolute atomic E-state index is 9.09. The molecule has 0 aliphatic carbocycles. The normalized spacial score (nSPS) is 11.9. The van der Waals surface area contributed by atoms with Crippen molar-refractivity contribution in [3.63, 3.8) is 0 Å². The van der Waals surface area contributed by atoms with Crippen molar-refractivity contribution in [2.24, 2.45) is 0 Å². The Morgan fingerprint density at radius 2 is 1.00 bits per heavy atom. The zero-order valence-corrected chi connectivity index (χ0v) is 14.5. The predicted octanol–water partition coefficient (Wildman–Crippen LogP) is -6.48. The second-order valence-electron chi connectivity index (χ2n) is 2.07. The van der Waals surface area contributed by atoms with Crippen LogP contribution in [-0.2, 0) is 20.2 Å². The Labute approximate surface area is 142 Å². The molecule has 0 spiro atoms. The average molecular weight is 282 g/mol. The van der Waals surface area contributed by atoms with Gasteiger partial charge in [0.05, 0.1) is 0 Å². The number of anilines is 2. The third kappa shape index (κ3) is 13.1. The third-order valence-corrected chi connectivity index (χ3v) is 1.94. The van der Waals surface area contributed by atoms with Crippen LogP contribution >= 0.6 is 0 Å². The van der Waals surface area contributed by atoms with Crippen LogP contribution in [0.1, 0.15) is 0 Å². The molecule has 0 saturated heterocycles. The molecule has 1 rings (SSSR count). The van der Waals surface area contributed by atoms with Crippen LogP contribution in [0.4, 0.5) is 11.4 Å². The van der Waals surface area contributed by atoms with E-state index in [0.29, 0.717) is 0 Å². The van der Waals surface area contributed by atoms with Crippen molar-refractivity contribution in [1.82, 2.24) is 0 Å². The standard InChI is InChI=1S/C6H8N2.2Na.H2O4S2/c7-5-1-2-6(8)4-3-5;;;1-5(2)6(3)4/h1-4H,7-8H2;;;(H,1,2)(H,3,4)/q;2*+1;/p-2. The van der Waals surface area contributed by atoms with Crippen LogP contribution in [0, 0.1) is 0 Å². The summed E-state index contributed by atoms with van der Waals surface area (Å²) in [5.74, 6) is 0. The molecule has 2 atom stereocenters. The Morgan fingerprint density at radius 3 is 1.12 bits per heavy atom. The SMILES string of the molecule is Nc1ccc(N)cc1.O=S([O-])S(=O)[O-].[Na+].[Na+]. The number of nitrogen functional groups attached to an aromatic ring is 2. The van der Waals surface area contributed by atoms with Gasteiger partial charge in [-0.2, -0.15) is 0 Å². The van der Waals surface area contributed by atoms with Gasteiger partial charge >= 0.3 is 59.1 Å². The van der Waals surface area contributed by atoms with Gasteiger partial charge in [-0.05, 0) is 24.3 Å². The van der Waals surface area contributed by atoms with E-state index in [2.05, 4.69) is 0 Å². The largest absolute Gasteiger partial charge is 1.00 e. The zero-order valence-electron chi connectivity index (χ0n) is 8.91. The first kappa shape index (κ1) is 22.2. The fraction of sp³-hybridized carbons (Fsp3) is 0. The molecule has 0 radical (unpaired) electrons. The molecule has 0 aliphatic heterocycles. The van der Waals surface area contributed by atoms with Crippen LogP contribution in [0.5, 0.6) is 0 Å². The second-order valence-corrected chi connectivity index (χ2v) is 4.52. The van der Waals surface area contributed by atoms with Gasteiger partial charge in [-0.1, -0.05) is 0 Å². The van der Waals surface area contributed by atoms with E-state index in [-0.39, 0.29) is 59.1 Å². The Morgan fingerprint density at radius 1 is 0.812 bits per heavy atom. The molecule has 4 N–H and O–H groups in total. The molecule has 0 aliphatic rings. The molecule has 0 aromatic heterocycles. The van der Waals surface area contributed by atoms with Gasteiger partial charge in [-0.15, -0.1) is 0 Å². The first-order valence-corrected chi connectivity index (χ1v) is 5.90. The summed E-state index contributed by atoms with van der Waals surface area (Å²) in [6.45, 7) is 0. The summed E-state index contributed by atoms with van der Waals surface area (Å²) in [5.41, 5.74) is 12.2. The van der Waals surface area contributed by atoms with Crippen molar-refractivity contribution in [2.75, 3.05) is 11.5 Å². The van der Waals surface area contributed by atoms with E-state index in [1.807, 2.05) is 0 Å². The minimum absolute atomic E-state index is 0. The molecule has 0 amide bonds. The van der Waals surface area contributed by atoms with E-state index in [1.54, 1.807) is 24.3 Å². The van der Waals surface area contributed by atoms with Crippen LogP contribution in [0.15, 0.2) is 24.3 Å². The molecule has 6 nitrogen and oxygen atoms in total. The minimum Gasteiger partial charge on any atom is -0.763 e. The summed E-state index contributed by atoms with van der Waals surface area (Å²) >= 11 is 0. The summed E-state index contributed by atoms with van der Waals surface area (Å²) in [5, 5.41) is 0. The van der Waals surface area contributed by atoms with Crippen LogP contribution in [0.2, 0.25) is 0 Å². The van der Waals surface area contributed by atoms with E-state index in [1.165, 1.54) is 0 Å². The molecule has 80 valence electrons. The summed E-state index contributed by atoms with van der Waals surface area (Å²) in [7, 11) is -5.90. The Bertz CT molecular complexity index is 303. The van der Waals surface area contributed by atoms with Gasteiger partial charge in [0.2, 0.25) is 0 Å². The fourth-order valence-corrected chi connectivity index (χ4v) is 0.496.